The van der Waals surface area contributed by atoms with Crippen molar-refractivity contribution < 1.29 is 4.74 Å². The van der Waals surface area contributed by atoms with E-state index in [9.17, 15) is 0 Å². The SMILES string of the molecule is COc1cc(Cl)c(CC2CC(N)C2)cc1Cl. The summed E-state index contributed by atoms with van der Waals surface area (Å²) >= 11 is 12.2. The van der Waals surface area contributed by atoms with Crippen LogP contribution in [-0.4, -0.2) is 13.2 Å². The number of methoxy groups -OCH3 is 1. The Balaban J connectivity index is 2.12. The maximum atomic E-state index is 6.17. The second-order valence-corrected chi connectivity index (χ2v) is 5.19. The van der Waals surface area contributed by atoms with E-state index in [0.29, 0.717) is 22.7 Å². The zero-order valence-electron chi connectivity index (χ0n) is 9.17. The first kappa shape index (κ1) is 12.0. The molecular weight excluding hydrogens is 245 g/mol. The molecule has 0 radical (unpaired) electrons. The summed E-state index contributed by atoms with van der Waals surface area (Å²) in [6.45, 7) is 0. The predicted octanol–water partition coefficient (Wildman–Crippen LogP) is 3.28. The maximum Gasteiger partial charge on any atom is 0.138 e. The van der Waals surface area contributed by atoms with E-state index >= 15 is 0 Å². The van der Waals surface area contributed by atoms with Crippen LogP contribution >= 0.6 is 23.2 Å². The summed E-state index contributed by atoms with van der Waals surface area (Å²) < 4.78 is 5.11. The molecular formula is C12H15Cl2NO. The molecule has 16 heavy (non-hydrogen) atoms. The van der Waals surface area contributed by atoms with Gasteiger partial charge in [-0.2, -0.15) is 0 Å². The smallest absolute Gasteiger partial charge is 0.138 e. The molecule has 1 fully saturated rings. The second kappa shape index (κ2) is 4.82. The summed E-state index contributed by atoms with van der Waals surface area (Å²) in [6.07, 6.45) is 3.12. The third-order valence-electron chi connectivity index (χ3n) is 3.10. The average molecular weight is 260 g/mol. The van der Waals surface area contributed by atoms with Crippen molar-refractivity contribution in [1.29, 1.82) is 0 Å². The van der Waals surface area contributed by atoms with Gasteiger partial charge in [0.15, 0.2) is 0 Å². The van der Waals surface area contributed by atoms with Crippen molar-refractivity contribution in [3.63, 3.8) is 0 Å². The Hall–Kier alpha value is -0.440. The number of halogens is 2. The molecule has 1 saturated carbocycles. The maximum absolute atomic E-state index is 6.17. The normalized spacial score (nSPS) is 24.0. The van der Waals surface area contributed by atoms with Gasteiger partial charge in [-0.05, 0) is 36.8 Å². The van der Waals surface area contributed by atoms with Crippen LogP contribution in [-0.2, 0) is 6.42 Å². The molecule has 1 aliphatic carbocycles. The topological polar surface area (TPSA) is 35.2 Å². The first-order valence-corrected chi connectivity index (χ1v) is 6.13. The van der Waals surface area contributed by atoms with Gasteiger partial charge in [0.1, 0.15) is 5.75 Å². The highest BCUT2D eigenvalue weighted by Crippen LogP contribution is 2.35. The van der Waals surface area contributed by atoms with E-state index in [4.69, 9.17) is 33.7 Å². The number of benzene rings is 1. The predicted molar refractivity (Wildman–Crippen MR) is 67.4 cm³/mol. The van der Waals surface area contributed by atoms with Gasteiger partial charge in [0.05, 0.1) is 12.1 Å². The lowest BCUT2D eigenvalue weighted by molar-refractivity contribution is 0.264. The Bertz CT molecular complexity index is 389. The number of hydrogen-bond acceptors (Lipinski definition) is 2. The van der Waals surface area contributed by atoms with E-state index in [-0.39, 0.29) is 0 Å². The third-order valence-corrected chi connectivity index (χ3v) is 3.75. The first-order valence-electron chi connectivity index (χ1n) is 5.37. The average Bonchev–Trinajstić information content (AvgIpc) is 2.20. The summed E-state index contributed by atoms with van der Waals surface area (Å²) in [5, 5.41) is 1.34. The Morgan fingerprint density at radius 2 is 2.00 bits per heavy atom. The van der Waals surface area contributed by atoms with Gasteiger partial charge in [-0.1, -0.05) is 23.2 Å². The Labute approximate surface area is 106 Å². The molecule has 4 heteroatoms. The molecule has 1 aromatic carbocycles. The minimum absolute atomic E-state index is 0.373. The molecule has 88 valence electrons. The Morgan fingerprint density at radius 1 is 1.31 bits per heavy atom. The molecule has 2 rings (SSSR count). The van der Waals surface area contributed by atoms with Crippen molar-refractivity contribution in [3.05, 3.63) is 27.7 Å². The summed E-state index contributed by atoms with van der Waals surface area (Å²) in [6, 6.07) is 4.04. The van der Waals surface area contributed by atoms with E-state index < -0.39 is 0 Å². The Kier molecular flexibility index (Phi) is 3.63. The monoisotopic (exact) mass is 259 g/mol. The van der Waals surface area contributed by atoms with E-state index in [1.165, 1.54) is 0 Å². The van der Waals surface area contributed by atoms with Crippen molar-refractivity contribution in [1.82, 2.24) is 0 Å². The van der Waals surface area contributed by atoms with Gasteiger partial charge in [-0.25, -0.2) is 0 Å². The molecule has 0 atom stereocenters. The lowest BCUT2D eigenvalue weighted by Crippen LogP contribution is -2.37. The minimum Gasteiger partial charge on any atom is -0.495 e. The van der Waals surface area contributed by atoms with E-state index in [1.807, 2.05) is 6.07 Å². The Morgan fingerprint density at radius 3 is 2.56 bits per heavy atom. The minimum atomic E-state index is 0.373. The van der Waals surface area contributed by atoms with Crippen molar-refractivity contribution in [2.45, 2.75) is 25.3 Å². The van der Waals surface area contributed by atoms with E-state index in [2.05, 4.69) is 0 Å². The van der Waals surface area contributed by atoms with Gasteiger partial charge in [-0.15, -0.1) is 0 Å². The van der Waals surface area contributed by atoms with Crippen molar-refractivity contribution in [2.75, 3.05) is 7.11 Å². The van der Waals surface area contributed by atoms with Crippen LogP contribution in [0.15, 0.2) is 12.1 Å². The fourth-order valence-electron chi connectivity index (χ4n) is 2.15. The lowest BCUT2D eigenvalue weighted by atomic mass is 9.77. The molecule has 0 heterocycles. The molecule has 1 aromatic rings. The summed E-state index contributed by atoms with van der Waals surface area (Å²) in [7, 11) is 1.59. The second-order valence-electron chi connectivity index (χ2n) is 4.38. The van der Waals surface area contributed by atoms with Crippen molar-refractivity contribution in [2.24, 2.45) is 11.7 Å². The highest BCUT2D eigenvalue weighted by Gasteiger charge is 2.26. The van der Waals surface area contributed by atoms with Gasteiger partial charge in [-0.3, -0.25) is 0 Å². The fourth-order valence-corrected chi connectivity index (χ4v) is 2.64. The number of nitrogens with two attached hydrogens (primary N) is 1. The molecule has 0 spiro atoms. The quantitative estimate of drug-likeness (QED) is 0.905. The largest absolute Gasteiger partial charge is 0.495 e. The molecule has 0 aromatic heterocycles. The first-order chi connectivity index (χ1) is 7.60. The van der Waals surface area contributed by atoms with E-state index in [1.54, 1.807) is 13.2 Å². The molecule has 1 aliphatic rings. The van der Waals surface area contributed by atoms with Crippen LogP contribution in [0, 0.1) is 5.92 Å². The van der Waals surface area contributed by atoms with Crippen LogP contribution in [0.25, 0.3) is 0 Å². The van der Waals surface area contributed by atoms with Gasteiger partial charge in [0.2, 0.25) is 0 Å². The van der Waals surface area contributed by atoms with Gasteiger partial charge in [0.25, 0.3) is 0 Å². The van der Waals surface area contributed by atoms with Crippen LogP contribution in [0.5, 0.6) is 5.75 Å². The standard InChI is InChI=1S/C12H15Cl2NO/c1-16-12-6-10(13)8(5-11(12)14)2-7-3-9(15)4-7/h5-7,9H,2-4,15H2,1H3. The summed E-state index contributed by atoms with van der Waals surface area (Å²) in [5.41, 5.74) is 6.84. The molecule has 0 unspecified atom stereocenters. The zero-order chi connectivity index (χ0) is 11.7. The highest BCUT2D eigenvalue weighted by atomic mass is 35.5. The van der Waals surface area contributed by atoms with Crippen LogP contribution in [0.1, 0.15) is 18.4 Å². The van der Waals surface area contributed by atoms with Gasteiger partial charge >= 0.3 is 0 Å². The fraction of sp³-hybridized carbons (Fsp3) is 0.500. The van der Waals surface area contributed by atoms with Crippen molar-refractivity contribution >= 4 is 23.2 Å². The lowest BCUT2D eigenvalue weighted by Gasteiger charge is -2.32. The summed E-state index contributed by atoms with van der Waals surface area (Å²) in [4.78, 5) is 0. The third kappa shape index (κ3) is 2.45. The molecule has 0 bridgehead atoms. The molecule has 2 nitrogen and oxygen atoms in total. The molecule has 2 N–H and O–H groups in total. The molecule has 0 amide bonds. The number of ether oxygens (including phenoxy) is 1. The van der Waals surface area contributed by atoms with Gasteiger partial charge in [0, 0.05) is 17.1 Å². The summed E-state index contributed by atoms with van der Waals surface area (Å²) in [5.74, 6) is 1.28. The van der Waals surface area contributed by atoms with E-state index in [0.717, 1.165) is 29.8 Å². The molecule has 0 aliphatic heterocycles. The number of hydrogen-bond donors (Lipinski definition) is 1. The van der Waals surface area contributed by atoms with Crippen molar-refractivity contribution in [3.8, 4) is 5.75 Å². The van der Waals surface area contributed by atoms with Crippen LogP contribution in [0.4, 0.5) is 0 Å². The molecule has 0 saturated heterocycles. The van der Waals surface area contributed by atoms with Crippen LogP contribution < -0.4 is 10.5 Å². The number of rotatable bonds is 3. The van der Waals surface area contributed by atoms with Gasteiger partial charge < -0.3 is 10.5 Å². The zero-order valence-corrected chi connectivity index (χ0v) is 10.7. The van der Waals surface area contributed by atoms with Crippen LogP contribution in [0.3, 0.4) is 0 Å². The highest BCUT2D eigenvalue weighted by molar-refractivity contribution is 6.34. The van der Waals surface area contributed by atoms with Crippen LogP contribution in [0.2, 0.25) is 10.0 Å².